The minimum Gasteiger partial charge on any atom is -0.449 e. The fraction of sp³-hybridized carbons (Fsp3) is 0.364. The van der Waals surface area contributed by atoms with E-state index in [2.05, 4.69) is 10.6 Å². The van der Waals surface area contributed by atoms with Crippen LogP contribution >= 0.6 is 0 Å². The summed E-state index contributed by atoms with van der Waals surface area (Å²) in [6.45, 7) is 1.90. The second-order valence-electron chi connectivity index (χ2n) is 7.37. The number of benzene rings is 2. The highest BCUT2D eigenvalue weighted by atomic mass is 16.6. The summed E-state index contributed by atoms with van der Waals surface area (Å²) in [7, 11) is 0. The van der Waals surface area contributed by atoms with Crippen LogP contribution in [-0.4, -0.2) is 28.9 Å². The van der Waals surface area contributed by atoms with Gasteiger partial charge < -0.3 is 15.4 Å². The Balaban J connectivity index is 1.64. The molecule has 0 unspecified atom stereocenters. The summed E-state index contributed by atoms with van der Waals surface area (Å²) in [6, 6.07) is 13.7. The van der Waals surface area contributed by atoms with Crippen molar-refractivity contribution in [3.63, 3.8) is 0 Å². The molecule has 3 rings (SSSR count). The zero-order chi connectivity index (χ0) is 21.5. The summed E-state index contributed by atoms with van der Waals surface area (Å²) in [5, 5.41) is 17.4. The van der Waals surface area contributed by atoms with E-state index in [1.165, 1.54) is 19.1 Å². The topological polar surface area (TPSA) is 111 Å². The van der Waals surface area contributed by atoms with Gasteiger partial charge in [-0.2, -0.15) is 0 Å². The van der Waals surface area contributed by atoms with Crippen molar-refractivity contribution in [2.75, 3.05) is 5.32 Å². The molecule has 2 aromatic carbocycles. The number of esters is 1. The largest absolute Gasteiger partial charge is 0.449 e. The average molecular weight is 411 g/mol. The Morgan fingerprint density at radius 2 is 1.87 bits per heavy atom. The van der Waals surface area contributed by atoms with E-state index >= 15 is 0 Å². The molecule has 1 fully saturated rings. The van der Waals surface area contributed by atoms with Gasteiger partial charge >= 0.3 is 5.97 Å². The molecular formula is C22H25N3O5. The number of carbonyl (C=O) groups excluding carboxylic acids is 2. The smallest absolute Gasteiger partial charge is 0.339 e. The molecule has 1 aliphatic rings. The number of rotatable bonds is 8. The predicted molar refractivity (Wildman–Crippen MR) is 112 cm³/mol. The number of nitrogens with one attached hydrogen (secondary N) is 2. The molecule has 1 atom stereocenters. The van der Waals surface area contributed by atoms with Gasteiger partial charge in [0.2, 0.25) is 0 Å². The van der Waals surface area contributed by atoms with Crippen LogP contribution in [0.25, 0.3) is 0 Å². The van der Waals surface area contributed by atoms with Gasteiger partial charge in [0.1, 0.15) is 5.69 Å². The van der Waals surface area contributed by atoms with Crippen LogP contribution in [0.3, 0.4) is 0 Å². The zero-order valence-corrected chi connectivity index (χ0v) is 16.8. The van der Waals surface area contributed by atoms with Crippen LogP contribution in [0.4, 0.5) is 11.4 Å². The van der Waals surface area contributed by atoms with Gasteiger partial charge in [0.15, 0.2) is 6.10 Å². The number of nitrogens with zero attached hydrogens (tertiary/aromatic N) is 1. The molecule has 30 heavy (non-hydrogen) atoms. The molecule has 1 saturated carbocycles. The van der Waals surface area contributed by atoms with Gasteiger partial charge in [0.05, 0.1) is 10.5 Å². The van der Waals surface area contributed by atoms with E-state index in [9.17, 15) is 19.7 Å². The fourth-order valence-electron chi connectivity index (χ4n) is 3.42. The molecule has 0 aliphatic heterocycles. The first-order valence-corrected chi connectivity index (χ1v) is 10.0. The minimum absolute atomic E-state index is 0.0208. The summed E-state index contributed by atoms with van der Waals surface area (Å²) in [5.41, 5.74) is 1.06. The Morgan fingerprint density at radius 1 is 1.17 bits per heavy atom. The van der Waals surface area contributed by atoms with Crippen LogP contribution in [0.2, 0.25) is 0 Å². The van der Waals surface area contributed by atoms with Crippen LogP contribution in [0.5, 0.6) is 0 Å². The molecule has 1 amide bonds. The van der Waals surface area contributed by atoms with Crippen molar-refractivity contribution in [1.29, 1.82) is 0 Å². The monoisotopic (exact) mass is 411 g/mol. The molecular weight excluding hydrogens is 386 g/mol. The van der Waals surface area contributed by atoms with Gasteiger partial charge in [-0.25, -0.2) is 4.79 Å². The third kappa shape index (κ3) is 5.56. The van der Waals surface area contributed by atoms with Crippen molar-refractivity contribution >= 4 is 23.3 Å². The molecule has 0 heterocycles. The van der Waals surface area contributed by atoms with Gasteiger partial charge in [0.25, 0.3) is 11.6 Å². The first kappa shape index (κ1) is 21.3. The fourth-order valence-corrected chi connectivity index (χ4v) is 3.42. The quantitative estimate of drug-likeness (QED) is 0.388. The van der Waals surface area contributed by atoms with Crippen molar-refractivity contribution in [3.05, 3.63) is 69.8 Å². The number of nitro groups is 1. The van der Waals surface area contributed by atoms with Gasteiger partial charge in [0, 0.05) is 18.7 Å². The Labute approximate surface area is 174 Å². The van der Waals surface area contributed by atoms with Crippen molar-refractivity contribution in [3.8, 4) is 0 Å². The first-order valence-electron chi connectivity index (χ1n) is 10.0. The Kier molecular flexibility index (Phi) is 7.00. The molecule has 2 N–H and O–H groups in total. The molecule has 8 nitrogen and oxygen atoms in total. The summed E-state index contributed by atoms with van der Waals surface area (Å²) in [5.74, 6) is -1.13. The lowest BCUT2D eigenvalue weighted by atomic mass is 10.1. The van der Waals surface area contributed by atoms with Crippen LogP contribution in [0, 0.1) is 10.1 Å². The van der Waals surface area contributed by atoms with E-state index in [1.807, 2.05) is 30.3 Å². The van der Waals surface area contributed by atoms with E-state index < -0.39 is 17.0 Å². The number of hydrogen-bond acceptors (Lipinski definition) is 6. The second-order valence-corrected chi connectivity index (χ2v) is 7.37. The maximum absolute atomic E-state index is 12.4. The highest BCUT2D eigenvalue weighted by Gasteiger charge is 2.25. The second kappa shape index (κ2) is 9.87. The number of ether oxygens (including phenoxy) is 1. The minimum atomic E-state index is -0.979. The number of hydrogen-bond donors (Lipinski definition) is 2. The van der Waals surface area contributed by atoms with Gasteiger partial charge in [-0.1, -0.05) is 43.2 Å². The summed E-state index contributed by atoms with van der Waals surface area (Å²) in [4.78, 5) is 35.6. The van der Waals surface area contributed by atoms with E-state index in [4.69, 9.17) is 4.74 Å². The maximum Gasteiger partial charge on any atom is 0.339 e. The average Bonchev–Trinajstić information content (AvgIpc) is 3.25. The molecule has 0 saturated heterocycles. The number of anilines is 1. The third-order valence-corrected chi connectivity index (χ3v) is 5.11. The van der Waals surface area contributed by atoms with E-state index in [1.54, 1.807) is 0 Å². The van der Waals surface area contributed by atoms with E-state index in [-0.39, 0.29) is 23.2 Å². The summed E-state index contributed by atoms with van der Waals surface area (Å²) >= 11 is 0. The van der Waals surface area contributed by atoms with Crippen LogP contribution < -0.4 is 10.6 Å². The lowest BCUT2D eigenvalue weighted by molar-refractivity contribution is -0.384. The summed E-state index contributed by atoms with van der Waals surface area (Å²) in [6.07, 6.45) is 3.03. The Hall–Kier alpha value is -3.42. The molecule has 0 spiro atoms. The number of amides is 1. The highest BCUT2D eigenvalue weighted by molar-refractivity contribution is 5.93. The molecule has 0 bridgehead atoms. The van der Waals surface area contributed by atoms with Crippen molar-refractivity contribution < 1.29 is 19.2 Å². The summed E-state index contributed by atoms with van der Waals surface area (Å²) < 4.78 is 5.22. The standard InChI is InChI=1S/C22H25N3O5/c1-15(21(26)24-18-9-5-6-10-18)30-22(27)17-11-12-19(20(13-17)25(28)29)23-14-16-7-3-2-4-8-16/h2-4,7-8,11-13,15,18,23H,5-6,9-10,14H2,1H3,(H,24,26)/t15-/m1/s1. The Bertz CT molecular complexity index is 910. The maximum atomic E-state index is 12.4. The molecule has 2 aromatic rings. The van der Waals surface area contributed by atoms with Crippen molar-refractivity contribution in [2.45, 2.75) is 51.3 Å². The zero-order valence-electron chi connectivity index (χ0n) is 16.8. The van der Waals surface area contributed by atoms with Crippen molar-refractivity contribution in [1.82, 2.24) is 5.32 Å². The molecule has 8 heteroatoms. The van der Waals surface area contributed by atoms with Crippen LogP contribution in [0.15, 0.2) is 48.5 Å². The third-order valence-electron chi connectivity index (χ3n) is 5.11. The first-order chi connectivity index (χ1) is 14.4. The normalized spacial score (nSPS) is 14.7. The van der Waals surface area contributed by atoms with Gasteiger partial charge in [-0.3, -0.25) is 14.9 Å². The SMILES string of the molecule is C[C@@H](OC(=O)c1ccc(NCc2ccccc2)c([N+](=O)[O-])c1)C(=O)NC1CCCC1. The van der Waals surface area contributed by atoms with E-state index in [0.717, 1.165) is 37.3 Å². The lowest BCUT2D eigenvalue weighted by Gasteiger charge is -2.17. The Morgan fingerprint density at radius 3 is 2.53 bits per heavy atom. The van der Waals surface area contributed by atoms with Gasteiger partial charge in [-0.15, -0.1) is 0 Å². The lowest BCUT2D eigenvalue weighted by Crippen LogP contribution is -2.40. The van der Waals surface area contributed by atoms with E-state index in [0.29, 0.717) is 12.2 Å². The number of nitro benzene ring substituents is 1. The molecule has 0 aromatic heterocycles. The highest BCUT2D eigenvalue weighted by Crippen LogP contribution is 2.27. The van der Waals surface area contributed by atoms with Crippen LogP contribution in [-0.2, 0) is 16.1 Å². The van der Waals surface area contributed by atoms with Crippen molar-refractivity contribution in [2.24, 2.45) is 0 Å². The molecule has 0 radical (unpaired) electrons. The number of carbonyl (C=O) groups is 2. The molecule has 1 aliphatic carbocycles. The molecule has 158 valence electrons. The van der Waals surface area contributed by atoms with Crippen LogP contribution in [0.1, 0.15) is 48.5 Å². The predicted octanol–water partition coefficient (Wildman–Crippen LogP) is 3.81. The van der Waals surface area contributed by atoms with Gasteiger partial charge in [-0.05, 0) is 37.5 Å².